The number of halogens is 3. The normalized spacial score (nSPS) is 23.9. The van der Waals surface area contributed by atoms with Gasteiger partial charge in [-0.05, 0) is 60.9 Å². The number of carbonyl (C=O) groups is 1. The lowest BCUT2D eigenvalue weighted by Crippen LogP contribution is -2.53. The van der Waals surface area contributed by atoms with Gasteiger partial charge in [0.1, 0.15) is 27.6 Å². The van der Waals surface area contributed by atoms with Crippen LogP contribution in [0.4, 0.5) is 8.78 Å². The number of carboxylic acids is 1. The highest BCUT2D eigenvalue weighted by Crippen LogP contribution is 2.61. The van der Waals surface area contributed by atoms with Crippen molar-refractivity contribution in [3.63, 3.8) is 0 Å². The van der Waals surface area contributed by atoms with Gasteiger partial charge >= 0.3 is 5.97 Å². The van der Waals surface area contributed by atoms with Crippen molar-refractivity contribution in [2.24, 2.45) is 10.9 Å². The summed E-state index contributed by atoms with van der Waals surface area (Å²) < 4.78 is 30.2. The van der Waals surface area contributed by atoms with E-state index in [0.717, 1.165) is 17.8 Å². The smallest absolute Gasteiger partial charge is 0.344 e. The average Bonchev–Trinajstić information content (AvgIpc) is 3.27. The number of fused-ring (bicyclic) bond motifs is 1. The summed E-state index contributed by atoms with van der Waals surface area (Å²) in [5, 5.41) is 19.5. The predicted molar refractivity (Wildman–Crippen MR) is 128 cm³/mol. The topological polar surface area (TPSA) is 76.7 Å². The summed E-state index contributed by atoms with van der Waals surface area (Å²) in [6, 6.07) is 10.6. The minimum atomic E-state index is -1.27. The average molecular weight is 502 g/mol. The van der Waals surface area contributed by atoms with Crippen LogP contribution in [0.3, 0.4) is 0 Å². The lowest BCUT2D eigenvalue weighted by atomic mass is 9.67. The summed E-state index contributed by atoms with van der Waals surface area (Å²) in [5.41, 5.74) is -1.01. The Morgan fingerprint density at radius 2 is 1.97 bits per heavy atom. The van der Waals surface area contributed by atoms with Crippen molar-refractivity contribution in [1.29, 1.82) is 5.26 Å². The number of amidine groups is 1. The van der Waals surface area contributed by atoms with Crippen LogP contribution in [0.15, 0.2) is 52.0 Å². The molecule has 0 bridgehead atoms. The summed E-state index contributed by atoms with van der Waals surface area (Å²) in [5.74, 6) is -2.53. The van der Waals surface area contributed by atoms with Crippen molar-refractivity contribution in [3.8, 4) is 6.07 Å². The number of aliphatic carboxylic acids is 1. The lowest BCUT2D eigenvalue weighted by molar-refractivity contribution is -0.132. The van der Waals surface area contributed by atoms with Crippen molar-refractivity contribution in [3.05, 3.63) is 80.3 Å². The molecule has 0 fully saturated rings. The number of benzene rings is 2. The molecule has 5 nitrogen and oxygen atoms in total. The van der Waals surface area contributed by atoms with Gasteiger partial charge in [0.05, 0.1) is 16.7 Å². The van der Waals surface area contributed by atoms with Gasteiger partial charge < -0.3 is 10.0 Å². The number of nitrogens with zero attached hydrogens (tertiary/aromatic N) is 3. The molecule has 2 heterocycles. The monoisotopic (exact) mass is 501 g/mol. The van der Waals surface area contributed by atoms with Crippen LogP contribution < -0.4 is 0 Å². The fraction of sp³-hybridized carbons (Fsp3) is 0.320. The maximum Gasteiger partial charge on any atom is 0.344 e. The molecule has 0 radical (unpaired) electrons. The number of hydrogen-bond acceptors (Lipinski definition) is 5. The van der Waals surface area contributed by atoms with Gasteiger partial charge in [0.15, 0.2) is 5.17 Å². The minimum absolute atomic E-state index is 0.0537. The third kappa shape index (κ3) is 3.25. The van der Waals surface area contributed by atoms with Gasteiger partial charge in [0, 0.05) is 11.3 Å². The molecule has 0 aromatic heterocycles. The van der Waals surface area contributed by atoms with Crippen LogP contribution in [-0.2, 0) is 15.9 Å². The molecule has 34 heavy (non-hydrogen) atoms. The molecule has 1 N–H and O–H groups in total. The minimum Gasteiger partial charge on any atom is -0.477 e. The van der Waals surface area contributed by atoms with Crippen LogP contribution in [0.1, 0.15) is 50.8 Å². The van der Waals surface area contributed by atoms with Gasteiger partial charge in [-0.2, -0.15) is 5.26 Å². The standard InChI is InChI=1S/C25H22ClF2N3O2S/c1-5-25(15-7-9-17(26)19(28)11-15)24(4,16-8-6-14(12-29)10-18(16)27)30-23-31(25)20(13(2)3)21(34-23)22(32)33/h6-11,13H,5H2,1-4H3,(H,32,33)/t24-,25+/m0/s1. The third-order valence-corrected chi connectivity index (χ3v) is 7.99. The van der Waals surface area contributed by atoms with Crippen LogP contribution in [0, 0.1) is 28.9 Å². The van der Waals surface area contributed by atoms with Crippen LogP contribution in [0.2, 0.25) is 5.02 Å². The van der Waals surface area contributed by atoms with E-state index < -0.39 is 28.7 Å². The second kappa shape index (κ2) is 8.40. The Balaban J connectivity index is 2.09. The van der Waals surface area contributed by atoms with E-state index in [1.807, 2.05) is 31.7 Å². The largest absolute Gasteiger partial charge is 0.477 e. The molecule has 9 heteroatoms. The molecule has 0 saturated heterocycles. The van der Waals surface area contributed by atoms with E-state index in [9.17, 15) is 19.6 Å². The highest BCUT2D eigenvalue weighted by atomic mass is 35.5. The number of rotatable bonds is 5. The molecule has 0 unspecified atom stereocenters. The fourth-order valence-electron chi connectivity index (χ4n) is 5.14. The second-order valence-electron chi connectivity index (χ2n) is 8.73. The first-order valence-corrected chi connectivity index (χ1v) is 11.9. The molecule has 2 aromatic rings. The van der Waals surface area contributed by atoms with Gasteiger partial charge in [-0.15, -0.1) is 0 Å². The second-order valence-corrected chi connectivity index (χ2v) is 10.1. The molecule has 0 saturated carbocycles. The van der Waals surface area contributed by atoms with E-state index in [0.29, 0.717) is 22.8 Å². The zero-order valence-electron chi connectivity index (χ0n) is 19.0. The summed E-state index contributed by atoms with van der Waals surface area (Å²) >= 11 is 7.00. The number of thioether (sulfide) groups is 1. The summed E-state index contributed by atoms with van der Waals surface area (Å²) in [6.45, 7) is 7.40. The van der Waals surface area contributed by atoms with E-state index in [1.165, 1.54) is 24.3 Å². The maximum absolute atomic E-state index is 15.5. The van der Waals surface area contributed by atoms with Gasteiger partial charge in [-0.1, -0.05) is 44.5 Å². The quantitative estimate of drug-likeness (QED) is 0.514. The highest BCUT2D eigenvalue weighted by molar-refractivity contribution is 8.18. The summed E-state index contributed by atoms with van der Waals surface area (Å²) in [4.78, 5) is 19.0. The molecule has 0 aliphatic carbocycles. The third-order valence-electron chi connectivity index (χ3n) is 6.64. The Morgan fingerprint density at radius 1 is 1.26 bits per heavy atom. The Kier molecular flexibility index (Phi) is 5.99. The number of hydrogen-bond donors (Lipinski definition) is 1. The van der Waals surface area contributed by atoms with Crippen LogP contribution in [-0.4, -0.2) is 21.1 Å². The van der Waals surface area contributed by atoms with E-state index in [-0.39, 0.29) is 27.0 Å². The van der Waals surface area contributed by atoms with Crippen molar-refractivity contribution >= 4 is 34.5 Å². The first kappa shape index (κ1) is 24.2. The molecule has 0 amide bonds. The molecular weight excluding hydrogens is 480 g/mol. The molecule has 2 aromatic carbocycles. The number of nitriles is 1. The molecule has 176 valence electrons. The zero-order chi connectivity index (χ0) is 25.0. The SMILES string of the molecule is CC[C@]1(c2ccc(Cl)c(F)c2)N2C(=N[C@@]1(C)c1ccc(C#N)cc1F)SC(C(=O)O)=C2C(C)C. The molecular formula is C25H22ClF2N3O2S. The zero-order valence-corrected chi connectivity index (χ0v) is 20.6. The Labute approximate surface area is 205 Å². The van der Waals surface area contributed by atoms with Crippen molar-refractivity contribution in [2.45, 2.75) is 45.2 Å². The number of allylic oxidation sites excluding steroid dienone is 1. The summed E-state index contributed by atoms with van der Waals surface area (Å²) in [6.07, 6.45) is 0.348. The molecule has 4 rings (SSSR count). The van der Waals surface area contributed by atoms with Crippen molar-refractivity contribution in [2.75, 3.05) is 0 Å². The molecule has 2 aliphatic heterocycles. The van der Waals surface area contributed by atoms with E-state index in [2.05, 4.69) is 0 Å². The first-order valence-electron chi connectivity index (χ1n) is 10.7. The predicted octanol–water partition coefficient (Wildman–Crippen LogP) is 6.38. The summed E-state index contributed by atoms with van der Waals surface area (Å²) in [7, 11) is 0. The fourth-order valence-corrected chi connectivity index (χ4v) is 6.54. The van der Waals surface area contributed by atoms with E-state index >= 15 is 4.39 Å². The molecule has 2 atom stereocenters. The molecule has 0 spiro atoms. The van der Waals surface area contributed by atoms with E-state index in [1.54, 1.807) is 13.0 Å². The van der Waals surface area contributed by atoms with Gasteiger partial charge in [-0.25, -0.2) is 18.6 Å². The van der Waals surface area contributed by atoms with Crippen LogP contribution in [0.5, 0.6) is 0 Å². The Hall–Kier alpha value is -2.89. The Bertz CT molecular complexity index is 1320. The molecule has 2 aliphatic rings. The van der Waals surface area contributed by atoms with Gasteiger partial charge in [-0.3, -0.25) is 0 Å². The van der Waals surface area contributed by atoms with Crippen LogP contribution >= 0.6 is 23.4 Å². The van der Waals surface area contributed by atoms with Crippen molar-refractivity contribution in [1.82, 2.24) is 4.90 Å². The first-order chi connectivity index (χ1) is 16.0. The number of aliphatic imine (C=N–C) groups is 1. The van der Waals surface area contributed by atoms with Crippen LogP contribution in [0.25, 0.3) is 0 Å². The maximum atomic E-state index is 15.5. The van der Waals surface area contributed by atoms with Gasteiger partial charge in [0.2, 0.25) is 0 Å². The van der Waals surface area contributed by atoms with E-state index in [4.69, 9.17) is 16.6 Å². The van der Waals surface area contributed by atoms with Gasteiger partial charge in [0.25, 0.3) is 0 Å². The highest BCUT2D eigenvalue weighted by Gasteiger charge is 2.63. The Morgan fingerprint density at radius 3 is 2.50 bits per heavy atom. The number of carboxylic acid groups (broad SMARTS) is 1. The lowest BCUT2D eigenvalue weighted by Gasteiger charge is -2.48. The van der Waals surface area contributed by atoms with Crippen molar-refractivity contribution < 1.29 is 18.7 Å².